The van der Waals surface area contributed by atoms with E-state index in [1.807, 2.05) is 18.5 Å². The fraction of sp³-hybridized carbons (Fsp3) is 0.632. The Morgan fingerprint density at radius 2 is 2.00 bits per heavy atom. The van der Waals surface area contributed by atoms with Gasteiger partial charge in [0.2, 0.25) is 5.95 Å². The Kier molecular flexibility index (Phi) is 5.17. The third-order valence-electron chi connectivity index (χ3n) is 5.73. The Morgan fingerprint density at radius 3 is 2.77 bits per heavy atom. The molecule has 3 heterocycles. The number of rotatable bonds is 6. The molecule has 2 aromatic rings. The number of likely N-dealkylation sites (N-methyl/N-ethyl adjacent to an activating group) is 1. The lowest BCUT2D eigenvalue weighted by molar-refractivity contribution is 0.171. The van der Waals surface area contributed by atoms with Crippen LogP contribution in [0.5, 0.6) is 0 Å². The Labute approximate surface area is 155 Å². The monoisotopic (exact) mass is 355 g/mol. The molecule has 7 heteroatoms. The Bertz CT molecular complexity index is 714. The van der Waals surface area contributed by atoms with Gasteiger partial charge in [-0.05, 0) is 51.3 Å². The molecule has 1 saturated heterocycles. The van der Waals surface area contributed by atoms with Crippen LogP contribution in [0.3, 0.4) is 0 Å². The summed E-state index contributed by atoms with van der Waals surface area (Å²) in [6.45, 7) is 4.87. The molecule has 2 aromatic heterocycles. The smallest absolute Gasteiger partial charge is 0.225 e. The topological polar surface area (TPSA) is 76.1 Å². The van der Waals surface area contributed by atoms with Gasteiger partial charge in [0.05, 0.1) is 17.9 Å². The maximum atomic E-state index is 5.61. The summed E-state index contributed by atoms with van der Waals surface area (Å²) in [5, 5.41) is 4.59. The van der Waals surface area contributed by atoms with Crippen molar-refractivity contribution in [3.8, 4) is 11.3 Å². The van der Waals surface area contributed by atoms with Crippen molar-refractivity contribution < 1.29 is 0 Å². The second kappa shape index (κ2) is 7.72. The lowest BCUT2D eigenvalue weighted by atomic mass is 9.77. The van der Waals surface area contributed by atoms with E-state index in [-0.39, 0.29) is 0 Å². The fourth-order valence-corrected chi connectivity index (χ4v) is 3.90. The minimum atomic E-state index is 0.533. The standard InChI is InChI=1S/C19H29N7/c1-24-7-9-25(10-8-24)19-21-6-4-18(23-19)16-13-22-26(14-16)17-11-15(12-17)3-2-5-20/h4,6,13-15,17H,2-3,5,7-12,20H2,1H3. The van der Waals surface area contributed by atoms with Crippen molar-refractivity contribution in [2.75, 3.05) is 44.7 Å². The van der Waals surface area contributed by atoms with Crippen molar-refractivity contribution in [1.29, 1.82) is 0 Å². The molecule has 4 rings (SSSR count). The molecule has 0 amide bonds. The molecule has 7 nitrogen and oxygen atoms in total. The van der Waals surface area contributed by atoms with Gasteiger partial charge in [-0.25, -0.2) is 9.97 Å². The van der Waals surface area contributed by atoms with Crippen LogP contribution in [0.25, 0.3) is 11.3 Å². The second-order valence-corrected chi connectivity index (χ2v) is 7.66. The van der Waals surface area contributed by atoms with Gasteiger partial charge in [0.1, 0.15) is 0 Å². The number of nitrogens with two attached hydrogens (primary N) is 1. The van der Waals surface area contributed by atoms with Gasteiger partial charge in [-0.1, -0.05) is 0 Å². The molecular formula is C19H29N7. The molecule has 1 saturated carbocycles. The van der Waals surface area contributed by atoms with Crippen molar-refractivity contribution in [2.45, 2.75) is 31.7 Å². The predicted molar refractivity (Wildman–Crippen MR) is 103 cm³/mol. The van der Waals surface area contributed by atoms with Gasteiger partial charge < -0.3 is 15.5 Å². The summed E-state index contributed by atoms with van der Waals surface area (Å²) in [5.74, 6) is 1.65. The first-order valence-corrected chi connectivity index (χ1v) is 9.74. The van der Waals surface area contributed by atoms with Gasteiger partial charge in [0.25, 0.3) is 0 Å². The van der Waals surface area contributed by atoms with Crippen molar-refractivity contribution in [1.82, 2.24) is 24.6 Å². The van der Waals surface area contributed by atoms with Gasteiger partial charge >= 0.3 is 0 Å². The number of aromatic nitrogens is 4. The number of piperazine rings is 1. The van der Waals surface area contributed by atoms with Crippen molar-refractivity contribution in [3.63, 3.8) is 0 Å². The number of nitrogens with zero attached hydrogens (tertiary/aromatic N) is 6. The summed E-state index contributed by atoms with van der Waals surface area (Å²) in [6, 6.07) is 2.51. The molecule has 0 bridgehead atoms. The van der Waals surface area contributed by atoms with E-state index in [9.17, 15) is 0 Å². The summed E-state index contributed by atoms with van der Waals surface area (Å²) in [7, 11) is 2.16. The molecule has 0 aromatic carbocycles. The molecule has 0 atom stereocenters. The van der Waals surface area contributed by atoms with Crippen LogP contribution in [-0.4, -0.2) is 64.4 Å². The van der Waals surface area contributed by atoms with Crippen molar-refractivity contribution in [2.24, 2.45) is 11.7 Å². The average Bonchev–Trinajstić information content (AvgIpc) is 3.11. The van der Waals surface area contributed by atoms with E-state index in [0.717, 1.165) is 62.3 Å². The maximum absolute atomic E-state index is 5.61. The summed E-state index contributed by atoms with van der Waals surface area (Å²) >= 11 is 0. The Balaban J connectivity index is 1.41. The molecule has 140 valence electrons. The zero-order chi connectivity index (χ0) is 17.9. The number of anilines is 1. The summed E-state index contributed by atoms with van der Waals surface area (Å²) in [6.07, 6.45) is 10.8. The Morgan fingerprint density at radius 1 is 1.19 bits per heavy atom. The molecule has 2 fully saturated rings. The van der Waals surface area contributed by atoms with Gasteiger partial charge in [-0.3, -0.25) is 4.68 Å². The largest absolute Gasteiger partial charge is 0.338 e. The lowest BCUT2D eigenvalue weighted by Crippen LogP contribution is -2.45. The number of hydrogen-bond acceptors (Lipinski definition) is 6. The molecule has 2 N–H and O–H groups in total. The van der Waals surface area contributed by atoms with Crippen LogP contribution in [0.1, 0.15) is 31.7 Å². The van der Waals surface area contributed by atoms with Crippen LogP contribution >= 0.6 is 0 Å². The maximum Gasteiger partial charge on any atom is 0.225 e. The van der Waals surface area contributed by atoms with E-state index in [1.54, 1.807) is 0 Å². The van der Waals surface area contributed by atoms with Crippen LogP contribution in [0.4, 0.5) is 5.95 Å². The highest BCUT2D eigenvalue weighted by molar-refractivity contribution is 5.58. The highest BCUT2D eigenvalue weighted by Crippen LogP contribution is 2.40. The second-order valence-electron chi connectivity index (χ2n) is 7.66. The van der Waals surface area contributed by atoms with Gasteiger partial charge in [-0.15, -0.1) is 0 Å². The third kappa shape index (κ3) is 3.73. The minimum absolute atomic E-state index is 0.533. The average molecular weight is 355 g/mol. The molecule has 26 heavy (non-hydrogen) atoms. The van der Waals surface area contributed by atoms with E-state index in [2.05, 4.69) is 37.8 Å². The first kappa shape index (κ1) is 17.4. The zero-order valence-corrected chi connectivity index (χ0v) is 15.6. The van der Waals surface area contributed by atoms with Crippen LogP contribution in [0.15, 0.2) is 24.7 Å². The van der Waals surface area contributed by atoms with Crippen molar-refractivity contribution >= 4 is 5.95 Å². The van der Waals surface area contributed by atoms with Crippen LogP contribution < -0.4 is 10.6 Å². The first-order chi connectivity index (χ1) is 12.7. The van der Waals surface area contributed by atoms with Crippen molar-refractivity contribution in [3.05, 3.63) is 24.7 Å². The quantitative estimate of drug-likeness (QED) is 0.851. The first-order valence-electron chi connectivity index (χ1n) is 9.74. The minimum Gasteiger partial charge on any atom is -0.338 e. The molecule has 0 spiro atoms. The lowest BCUT2D eigenvalue weighted by Gasteiger charge is -2.35. The number of hydrogen-bond donors (Lipinski definition) is 1. The van der Waals surface area contributed by atoms with E-state index in [0.29, 0.717) is 6.04 Å². The van der Waals surface area contributed by atoms with E-state index in [4.69, 9.17) is 10.7 Å². The van der Waals surface area contributed by atoms with E-state index in [1.165, 1.54) is 19.3 Å². The summed E-state index contributed by atoms with van der Waals surface area (Å²) in [5.41, 5.74) is 7.64. The highest BCUT2D eigenvalue weighted by Gasteiger charge is 2.30. The zero-order valence-electron chi connectivity index (χ0n) is 15.6. The van der Waals surface area contributed by atoms with Gasteiger partial charge in [-0.2, -0.15) is 5.10 Å². The molecule has 2 aliphatic rings. The third-order valence-corrected chi connectivity index (χ3v) is 5.73. The highest BCUT2D eigenvalue weighted by atomic mass is 15.3. The molecule has 1 aliphatic heterocycles. The Hall–Kier alpha value is -1.99. The molecule has 0 unspecified atom stereocenters. The molecule has 0 radical (unpaired) electrons. The predicted octanol–water partition coefficient (Wildman–Crippen LogP) is 1.78. The van der Waals surface area contributed by atoms with Crippen LogP contribution in [0, 0.1) is 5.92 Å². The normalized spacial score (nSPS) is 23.8. The fourth-order valence-electron chi connectivity index (χ4n) is 3.90. The van der Waals surface area contributed by atoms with Crippen LogP contribution in [-0.2, 0) is 0 Å². The van der Waals surface area contributed by atoms with Gasteiger partial charge in [0.15, 0.2) is 0 Å². The van der Waals surface area contributed by atoms with E-state index >= 15 is 0 Å². The van der Waals surface area contributed by atoms with Crippen LogP contribution in [0.2, 0.25) is 0 Å². The summed E-state index contributed by atoms with van der Waals surface area (Å²) < 4.78 is 2.12. The summed E-state index contributed by atoms with van der Waals surface area (Å²) in [4.78, 5) is 13.9. The molecular weight excluding hydrogens is 326 g/mol. The molecule has 1 aliphatic carbocycles. The van der Waals surface area contributed by atoms with E-state index < -0.39 is 0 Å². The van der Waals surface area contributed by atoms with Gasteiger partial charge in [0, 0.05) is 44.1 Å². The SMILES string of the molecule is CN1CCN(c2nccc(-c3cnn(C4CC(CCCN)C4)c3)n2)CC1.